The van der Waals surface area contributed by atoms with Crippen molar-refractivity contribution in [1.29, 1.82) is 0 Å². The molecule has 0 radical (unpaired) electrons. The van der Waals surface area contributed by atoms with Crippen molar-refractivity contribution in [3.63, 3.8) is 0 Å². The van der Waals surface area contributed by atoms with Gasteiger partial charge in [0, 0.05) is 18.0 Å². The van der Waals surface area contributed by atoms with E-state index in [0.717, 1.165) is 18.4 Å². The smallest absolute Gasteiger partial charge is 0.314 e. The second kappa shape index (κ2) is 5.60. The number of hydrogen-bond donors (Lipinski definition) is 0. The van der Waals surface area contributed by atoms with Crippen molar-refractivity contribution in [1.82, 2.24) is 4.98 Å². The Balaban J connectivity index is 1.64. The summed E-state index contributed by atoms with van der Waals surface area (Å²) in [6, 6.07) is 6.93. The molecule has 0 amide bonds. The number of hydrogen-bond acceptors (Lipinski definition) is 5. The van der Waals surface area contributed by atoms with Crippen LogP contribution in [0.3, 0.4) is 0 Å². The molecule has 2 heterocycles. The first-order valence-corrected chi connectivity index (χ1v) is 7.83. The van der Waals surface area contributed by atoms with E-state index < -0.39 is 0 Å². The first kappa shape index (κ1) is 14.6. The number of pyridine rings is 1. The van der Waals surface area contributed by atoms with Gasteiger partial charge in [0.05, 0.1) is 11.5 Å². The minimum atomic E-state index is -0.214. The molecule has 0 saturated heterocycles. The lowest BCUT2D eigenvalue weighted by Gasteiger charge is -2.09. The molecule has 0 bridgehead atoms. The fourth-order valence-electron chi connectivity index (χ4n) is 2.60. The summed E-state index contributed by atoms with van der Waals surface area (Å²) in [4.78, 5) is 28.4. The van der Waals surface area contributed by atoms with Crippen LogP contribution in [0.4, 0.5) is 0 Å². The third-order valence-electron chi connectivity index (χ3n) is 4.14. The van der Waals surface area contributed by atoms with Crippen molar-refractivity contribution in [3.8, 4) is 11.5 Å². The Kier molecular flexibility index (Phi) is 3.41. The third-order valence-corrected chi connectivity index (χ3v) is 4.14. The van der Waals surface area contributed by atoms with E-state index in [1.165, 1.54) is 0 Å². The highest BCUT2D eigenvalue weighted by atomic mass is 16.5. The van der Waals surface area contributed by atoms with E-state index >= 15 is 0 Å². The van der Waals surface area contributed by atoms with Gasteiger partial charge in [0.15, 0.2) is 5.76 Å². The van der Waals surface area contributed by atoms with Crippen molar-refractivity contribution >= 4 is 17.8 Å². The number of esters is 1. The summed E-state index contributed by atoms with van der Waals surface area (Å²) in [6.45, 7) is 1.79. The van der Waals surface area contributed by atoms with Crippen molar-refractivity contribution in [2.75, 3.05) is 0 Å². The predicted molar refractivity (Wildman–Crippen MR) is 86.7 cm³/mol. The Morgan fingerprint density at radius 1 is 1.33 bits per heavy atom. The van der Waals surface area contributed by atoms with Crippen LogP contribution in [0.2, 0.25) is 0 Å². The van der Waals surface area contributed by atoms with Gasteiger partial charge in [0.1, 0.15) is 11.5 Å². The lowest BCUT2D eigenvalue weighted by atomic mass is 10.1. The van der Waals surface area contributed by atoms with E-state index in [1.807, 2.05) is 6.07 Å². The molecule has 1 saturated carbocycles. The second-order valence-corrected chi connectivity index (χ2v) is 5.99. The topological polar surface area (TPSA) is 65.5 Å². The standard InChI is InChI=1S/C19H15NO4/c1-11-15(24-19(22)13-4-5-13)7-6-14-17(21)16(23-18(11)14)9-12-3-2-8-20-10-12/h2-3,6-10,13H,4-5H2,1H3/b16-9-. The van der Waals surface area contributed by atoms with Crippen molar-refractivity contribution < 1.29 is 19.1 Å². The number of aromatic nitrogens is 1. The Morgan fingerprint density at radius 2 is 2.17 bits per heavy atom. The van der Waals surface area contributed by atoms with Crippen LogP contribution in [0, 0.1) is 12.8 Å². The minimum absolute atomic E-state index is 0.0150. The zero-order chi connectivity index (χ0) is 16.7. The zero-order valence-electron chi connectivity index (χ0n) is 13.1. The maximum Gasteiger partial charge on any atom is 0.314 e. The summed E-state index contributed by atoms with van der Waals surface area (Å²) < 4.78 is 11.2. The van der Waals surface area contributed by atoms with Gasteiger partial charge in [-0.1, -0.05) is 6.07 Å². The molecule has 120 valence electrons. The van der Waals surface area contributed by atoms with Crippen LogP contribution in [0.5, 0.6) is 11.5 Å². The van der Waals surface area contributed by atoms with Gasteiger partial charge in [-0.15, -0.1) is 0 Å². The molecule has 1 fully saturated rings. The van der Waals surface area contributed by atoms with Gasteiger partial charge in [0.25, 0.3) is 0 Å². The Hall–Kier alpha value is -2.95. The van der Waals surface area contributed by atoms with E-state index in [1.54, 1.807) is 43.6 Å². The third kappa shape index (κ3) is 2.58. The maximum absolute atomic E-state index is 12.5. The number of carbonyl (C=O) groups excluding carboxylic acids is 2. The molecule has 1 aliphatic carbocycles. The van der Waals surface area contributed by atoms with Crippen LogP contribution in [0.15, 0.2) is 42.4 Å². The average molecular weight is 321 g/mol. The first-order valence-electron chi connectivity index (χ1n) is 7.83. The van der Waals surface area contributed by atoms with Crippen molar-refractivity contribution in [3.05, 3.63) is 59.1 Å². The average Bonchev–Trinajstić information content (AvgIpc) is 3.39. The largest absolute Gasteiger partial charge is 0.452 e. The molecular weight excluding hydrogens is 306 g/mol. The normalized spacial score (nSPS) is 17.5. The van der Waals surface area contributed by atoms with E-state index in [0.29, 0.717) is 22.6 Å². The van der Waals surface area contributed by atoms with Crippen molar-refractivity contribution in [2.24, 2.45) is 5.92 Å². The Morgan fingerprint density at radius 3 is 2.88 bits per heavy atom. The van der Waals surface area contributed by atoms with Gasteiger partial charge in [-0.2, -0.15) is 0 Å². The summed E-state index contributed by atoms with van der Waals surface area (Å²) in [5, 5.41) is 0. The van der Waals surface area contributed by atoms with Crippen LogP contribution in [-0.4, -0.2) is 16.7 Å². The summed E-state index contributed by atoms with van der Waals surface area (Å²) in [6.07, 6.45) is 6.75. The van der Waals surface area contributed by atoms with E-state index in [9.17, 15) is 9.59 Å². The number of benzene rings is 1. The van der Waals surface area contributed by atoms with Gasteiger partial charge in [0.2, 0.25) is 5.78 Å². The number of fused-ring (bicyclic) bond motifs is 1. The lowest BCUT2D eigenvalue weighted by molar-refractivity contribution is -0.135. The molecule has 0 unspecified atom stereocenters. The summed E-state index contributed by atoms with van der Waals surface area (Å²) in [7, 11) is 0. The molecule has 0 N–H and O–H groups in total. The SMILES string of the molecule is Cc1c(OC(=O)C2CC2)ccc2c1O/C(=C\c1cccnc1)C2=O. The summed E-state index contributed by atoms with van der Waals surface area (Å²) in [5.74, 6) is 0.760. The highest BCUT2D eigenvalue weighted by Crippen LogP contribution is 2.40. The van der Waals surface area contributed by atoms with Crippen LogP contribution >= 0.6 is 0 Å². The van der Waals surface area contributed by atoms with E-state index in [-0.39, 0.29) is 23.4 Å². The van der Waals surface area contributed by atoms with Crippen LogP contribution in [-0.2, 0) is 4.79 Å². The maximum atomic E-state index is 12.5. The van der Waals surface area contributed by atoms with Gasteiger partial charge in [-0.25, -0.2) is 0 Å². The van der Waals surface area contributed by atoms with E-state index in [2.05, 4.69) is 4.98 Å². The molecule has 2 aromatic rings. The first-order chi connectivity index (χ1) is 11.6. The van der Waals surface area contributed by atoms with Crippen LogP contribution < -0.4 is 9.47 Å². The summed E-state index contributed by atoms with van der Waals surface area (Å²) in [5.41, 5.74) is 1.92. The highest BCUT2D eigenvalue weighted by molar-refractivity contribution is 6.15. The van der Waals surface area contributed by atoms with Crippen molar-refractivity contribution in [2.45, 2.75) is 19.8 Å². The molecule has 4 rings (SSSR count). The Bertz CT molecular complexity index is 866. The summed E-state index contributed by atoms with van der Waals surface area (Å²) >= 11 is 0. The predicted octanol–water partition coefficient (Wildman–Crippen LogP) is 3.32. The lowest BCUT2D eigenvalue weighted by Crippen LogP contribution is -2.10. The number of rotatable bonds is 3. The number of ether oxygens (including phenoxy) is 2. The number of allylic oxidation sites excluding steroid dienone is 1. The van der Waals surface area contributed by atoms with Crippen LogP contribution in [0.25, 0.3) is 6.08 Å². The number of nitrogens with zero attached hydrogens (tertiary/aromatic N) is 1. The van der Waals surface area contributed by atoms with Gasteiger partial charge in [-0.05, 0) is 49.6 Å². The molecule has 5 heteroatoms. The second-order valence-electron chi connectivity index (χ2n) is 5.99. The number of ketones is 1. The number of carbonyl (C=O) groups is 2. The molecule has 24 heavy (non-hydrogen) atoms. The van der Waals surface area contributed by atoms with Gasteiger partial charge >= 0.3 is 5.97 Å². The molecule has 1 aliphatic heterocycles. The zero-order valence-corrected chi connectivity index (χ0v) is 13.1. The molecule has 0 atom stereocenters. The minimum Gasteiger partial charge on any atom is -0.452 e. The molecule has 1 aromatic heterocycles. The van der Waals surface area contributed by atoms with Gasteiger partial charge < -0.3 is 9.47 Å². The highest BCUT2D eigenvalue weighted by Gasteiger charge is 2.34. The molecule has 0 spiro atoms. The fourth-order valence-corrected chi connectivity index (χ4v) is 2.60. The number of Topliss-reactive ketones (excluding diaryl/α,β-unsaturated/α-hetero) is 1. The molecule has 5 nitrogen and oxygen atoms in total. The molecular formula is C19H15NO4. The molecule has 2 aliphatic rings. The quantitative estimate of drug-likeness (QED) is 0.493. The van der Waals surface area contributed by atoms with Gasteiger partial charge in [-0.3, -0.25) is 14.6 Å². The fraction of sp³-hybridized carbons (Fsp3) is 0.211. The molecule has 1 aromatic carbocycles. The van der Waals surface area contributed by atoms with E-state index in [4.69, 9.17) is 9.47 Å². The Labute approximate surface area is 138 Å². The monoisotopic (exact) mass is 321 g/mol. The van der Waals surface area contributed by atoms with Crippen LogP contribution in [0.1, 0.15) is 34.3 Å².